The largest absolute Gasteiger partial charge is 0.319 e. The van der Waals surface area contributed by atoms with E-state index in [1.807, 2.05) is 13.8 Å². The van der Waals surface area contributed by atoms with E-state index in [4.69, 9.17) is 6.35 Å². The summed E-state index contributed by atoms with van der Waals surface area (Å²) in [6, 6.07) is 21.7. The molecule has 0 aliphatic carbocycles. The highest BCUT2D eigenvalue weighted by atomic mass is 32.1. The third kappa shape index (κ3) is 3.96. The van der Waals surface area contributed by atoms with Gasteiger partial charge in [0.25, 0.3) is 0 Å². The van der Waals surface area contributed by atoms with Crippen LogP contribution in [0, 0.1) is 0 Å². The highest BCUT2D eigenvalue weighted by molar-refractivity contribution is 7.17. The summed E-state index contributed by atoms with van der Waals surface area (Å²) in [5, 5.41) is 3.45. The van der Waals surface area contributed by atoms with Crippen LogP contribution in [0.1, 0.15) is 82.9 Å². The monoisotopic (exact) mass is 467 g/mol. The summed E-state index contributed by atoms with van der Waals surface area (Å²) >= 11 is 1.74. The molecule has 0 unspecified atom stereocenters. The molecule has 0 spiro atoms. The van der Waals surface area contributed by atoms with Crippen molar-refractivity contribution in [3.63, 3.8) is 0 Å². The summed E-state index contributed by atoms with van der Waals surface area (Å²) in [7, 11) is 0. The predicted molar refractivity (Wildman–Crippen MR) is 148 cm³/mol. The van der Waals surface area contributed by atoms with E-state index in [-0.39, 0.29) is 0 Å². The molecule has 3 aromatic carbocycles. The number of thiophene rings is 1. The van der Waals surface area contributed by atoms with Crippen LogP contribution in [0.3, 0.4) is 0 Å². The van der Waals surface area contributed by atoms with E-state index >= 15 is 0 Å². The van der Waals surface area contributed by atoms with Gasteiger partial charge in [0.05, 0.1) is 17.6 Å². The van der Waals surface area contributed by atoms with E-state index in [9.17, 15) is 0 Å². The van der Waals surface area contributed by atoms with Gasteiger partial charge >= 0.3 is 0 Å². The molecule has 0 aliphatic rings. The van der Waals surface area contributed by atoms with Crippen LogP contribution in [0.25, 0.3) is 32.5 Å². The third-order valence-corrected chi connectivity index (χ3v) is 7.80. The lowest BCUT2D eigenvalue weighted by Gasteiger charge is -2.21. The van der Waals surface area contributed by atoms with Crippen LogP contribution in [0.5, 0.6) is 0 Å². The molecule has 0 aliphatic heterocycles. The van der Waals surface area contributed by atoms with Gasteiger partial charge in [-0.05, 0) is 58.2 Å². The second-order valence-electron chi connectivity index (χ2n) is 10.1. The number of benzene rings is 3. The molecule has 0 fully saturated rings. The molecule has 3 heteroatoms. The summed E-state index contributed by atoms with van der Waals surface area (Å²) in [4.78, 5) is 5.15. The van der Waals surface area contributed by atoms with E-state index in [1.165, 1.54) is 37.9 Å². The molecule has 0 saturated carbocycles. The van der Waals surface area contributed by atoms with E-state index in [0.29, 0.717) is 11.8 Å². The Morgan fingerprint density at radius 3 is 2.26 bits per heavy atom. The summed E-state index contributed by atoms with van der Waals surface area (Å²) in [5.74, 6) is 1.31. The first kappa shape index (κ1) is 21.6. The van der Waals surface area contributed by atoms with Crippen LogP contribution in [0.4, 0.5) is 0 Å². The molecule has 5 rings (SSSR count). The first-order valence-corrected chi connectivity index (χ1v) is 13.1. The average molecular weight is 468 g/mol. The molecule has 0 radical (unpaired) electrons. The molecule has 5 aromatic rings. The lowest BCUT2D eigenvalue weighted by atomic mass is 9.88. The summed E-state index contributed by atoms with van der Waals surface area (Å²) in [5.41, 5.74) is 8.65. The number of nitrogens with zero attached hydrogens (tertiary/aromatic N) is 2. The maximum atomic E-state index is 8.45. The molecule has 0 bridgehead atoms. The highest BCUT2D eigenvalue weighted by Gasteiger charge is 2.20. The number of fused-ring (bicyclic) bond motifs is 2. The Bertz CT molecular complexity index is 1490. The molecular formula is C31H34N2S. The Kier molecular flexibility index (Phi) is 5.74. The van der Waals surface area contributed by atoms with Gasteiger partial charge in [0.15, 0.2) is 0 Å². The molecule has 0 amide bonds. The topological polar surface area (TPSA) is 17.8 Å². The van der Waals surface area contributed by atoms with Crippen LogP contribution in [0.15, 0.2) is 66.0 Å². The zero-order chi connectivity index (χ0) is 24.9. The molecule has 0 N–H and O–H groups in total. The average Bonchev–Trinajstić information content (AvgIpc) is 3.39. The number of rotatable bonds is 6. The second kappa shape index (κ2) is 9.03. The lowest BCUT2D eigenvalue weighted by Crippen LogP contribution is -2.10. The van der Waals surface area contributed by atoms with Gasteiger partial charge < -0.3 is 4.57 Å². The second-order valence-corrected chi connectivity index (χ2v) is 11.0. The quantitative estimate of drug-likeness (QED) is 0.243. The van der Waals surface area contributed by atoms with Crippen LogP contribution in [-0.2, 0) is 6.54 Å². The van der Waals surface area contributed by atoms with E-state index in [1.54, 1.807) is 11.3 Å². The van der Waals surface area contributed by atoms with Gasteiger partial charge in [-0.3, -0.25) is 0 Å². The predicted octanol–water partition coefficient (Wildman–Crippen LogP) is 9.34. The Morgan fingerprint density at radius 2 is 1.59 bits per heavy atom. The fourth-order valence-corrected chi connectivity index (χ4v) is 5.98. The van der Waals surface area contributed by atoms with Crippen LogP contribution in [-0.4, -0.2) is 9.55 Å². The van der Waals surface area contributed by atoms with E-state index in [2.05, 4.69) is 98.3 Å². The van der Waals surface area contributed by atoms with E-state index < -0.39 is 5.89 Å². The van der Waals surface area contributed by atoms with Gasteiger partial charge in [-0.25, -0.2) is 4.98 Å². The van der Waals surface area contributed by atoms with Crippen LogP contribution < -0.4 is 0 Å². The van der Waals surface area contributed by atoms with Crippen molar-refractivity contribution in [2.45, 2.75) is 65.8 Å². The van der Waals surface area contributed by atoms with Crippen molar-refractivity contribution in [2.75, 3.05) is 0 Å². The van der Waals surface area contributed by atoms with Gasteiger partial charge in [0, 0.05) is 22.4 Å². The van der Waals surface area contributed by atoms with Crippen molar-refractivity contribution in [3.8, 4) is 11.4 Å². The smallest absolute Gasteiger partial charge is 0.142 e. The molecule has 2 heterocycles. The van der Waals surface area contributed by atoms with Crippen molar-refractivity contribution in [1.82, 2.24) is 9.55 Å². The van der Waals surface area contributed by atoms with Gasteiger partial charge in [0.2, 0.25) is 0 Å². The van der Waals surface area contributed by atoms with Gasteiger partial charge in [0.1, 0.15) is 5.82 Å². The number of hydrogen-bond acceptors (Lipinski definition) is 2. The molecule has 2 aromatic heterocycles. The first-order chi connectivity index (χ1) is 16.6. The minimum absolute atomic E-state index is 0.454. The summed E-state index contributed by atoms with van der Waals surface area (Å²) in [6.45, 7) is 13.8. The number of imidazole rings is 1. The minimum atomic E-state index is -0.612. The molecule has 2 nitrogen and oxygen atoms in total. The van der Waals surface area contributed by atoms with Crippen molar-refractivity contribution in [2.24, 2.45) is 0 Å². The minimum Gasteiger partial charge on any atom is -0.319 e. The van der Waals surface area contributed by atoms with Gasteiger partial charge in [-0.2, -0.15) is 0 Å². The van der Waals surface area contributed by atoms with Gasteiger partial charge in [-0.1, -0.05) is 84.0 Å². The van der Waals surface area contributed by atoms with Crippen molar-refractivity contribution in [1.29, 1.82) is 0 Å². The zero-order valence-electron chi connectivity index (χ0n) is 22.0. The number of para-hydroxylation sites is 2. The van der Waals surface area contributed by atoms with E-state index in [0.717, 1.165) is 23.4 Å². The number of hydrogen-bond donors (Lipinski definition) is 0. The third-order valence-electron chi connectivity index (χ3n) is 6.86. The van der Waals surface area contributed by atoms with Crippen LogP contribution in [0.2, 0.25) is 0 Å². The molecule has 34 heavy (non-hydrogen) atoms. The SMILES string of the molecule is [2H]C(C)(C)c1ccc2c(-c3nc4ccccc4n3Cc3c(C(C)C)cccc3C(C)C)csc2c1. The van der Waals surface area contributed by atoms with Gasteiger partial charge in [-0.15, -0.1) is 11.3 Å². The fraction of sp³-hybridized carbons (Fsp3) is 0.323. The van der Waals surface area contributed by atoms with Crippen molar-refractivity contribution in [3.05, 3.63) is 88.3 Å². The van der Waals surface area contributed by atoms with Crippen LogP contribution >= 0.6 is 11.3 Å². The summed E-state index contributed by atoms with van der Waals surface area (Å²) < 4.78 is 12.1. The molecule has 0 saturated heterocycles. The molecular weight excluding hydrogens is 432 g/mol. The Balaban J connectivity index is 1.73. The number of aromatic nitrogens is 2. The van der Waals surface area contributed by atoms with Crippen molar-refractivity contribution < 1.29 is 1.37 Å². The maximum Gasteiger partial charge on any atom is 0.142 e. The Labute approximate surface area is 208 Å². The Hall–Kier alpha value is -2.91. The Morgan fingerprint density at radius 1 is 0.882 bits per heavy atom. The molecule has 0 atom stereocenters. The fourth-order valence-electron chi connectivity index (χ4n) is 5.00. The highest BCUT2D eigenvalue weighted by Crippen LogP contribution is 2.38. The zero-order valence-corrected chi connectivity index (χ0v) is 21.8. The van der Waals surface area contributed by atoms with Crippen molar-refractivity contribution >= 4 is 32.5 Å². The maximum absolute atomic E-state index is 8.45. The standard InChI is InChI=1S/C31H34N2S/c1-19(2)22-14-15-25-27(18-34-30(25)16-22)31-32-28-12-7-8-13-29(28)33(31)17-26-23(20(3)4)10-9-11-24(26)21(5)6/h7-16,18-21H,17H2,1-6H3/i19D. The molecule has 174 valence electrons. The lowest BCUT2D eigenvalue weighted by molar-refractivity contribution is 0.750. The summed E-state index contributed by atoms with van der Waals surface area (Å²) in [6.07, 6.45) is 0. The first-order valence-electron chi connectivity index (χ1n) is 12.7. The normalized spacial score (nSPS) is 12.9.